The Bertz CT molecular complexity index is 203. The second-order valence-corrected chi connectivity index (χ2v) is 4.59. The van der Waals surface area contributed by atoms with E-state index in [0.29, 0.717) is 6.04 Å². The fraction of sp³-hybridized carbons (Fsp3) is 0.818. The first-order chi connectivity index (χ1) is 6.48. The normalized spacial score (nSPS) is 29.9. The molecule has 1 aliphatic rings. The predicted molar refractivity (Wildman–Crippen MR) is 57.3 cm³/mol. The Morgan fingerprint density at radius 3 is 2.86 bits per heavy atom. The van der Waals surface area contributed by atoms with Crippen LogP contribution in [-0.2, 0) is 4.74 Å². The van der Waals surface area contributed by atoms with Crippen molar-refractivity contribution in [3.8, 4) is 0 Å². The van der Waals surface area contributed by atoms with E-state index in [9.17, 15) is 0 Å². The van der Waals surface area contributed by atoms with E-state index in [1.54, 1.807) is 0 Å². The summed E-state index contributed by atoms with van der Waals surface area (Å²) in [5.74, 6) is 0. The fourth-order valence-corrected chi connectivity index (χ4v) is 1.90. The molecule has 0 spiro atoms. The summed E-state index contributed by atoms with van der Waals surface area (Å²) in [6.07, 6.45) is 1.86. The zero-order valence-electron chi connectivity index (χ0n) is 9.36. The SMILES string of the molecule is C=CC(C)N1CC(CO)OC(C)(C)C1. The molecule has 1 saturated heterocycles. The van der Waals surface area contributed by atoms with Gasteiger partial charge in [0.05, 0.1) is 18.3 Å². The molecule has 1 heterocycles. The van der Waals surface area contributed by atoms with Crippen LogP contribution in [0.4, 0.5) is 0 Å². The minimum Gasteiger partial charge on any atom is -0.394 e. The van der Waals surface area contributed by atoms with Gasteiger partial charge in [-0.05, 0) is 20.8 Å². The van der Waals surface area contributed by atoms with Gasteiger partial charge in [-0.15, -0.1) is 6.58 Å². The van der Waals surface area contributed by atoms with Crippen molar-refractivity contribution in [3.63, 3.8) is 0 Å². The number of nitrogens with zero attached hydrogens (tertiary/aromatic N) is 1. The molecule has 14 heavy (non-hydrogen) atoms. The van der Waals surface area contributed by atoms with Gasteiger partial charge < -0.3 is 9.84 Å². The molecule has 0 radical (unpaired) electrons. The van der Waals surface area contributed by atoms with Crippen molar-refractivity contribution < 1.29 is 9.84 Å². The number of hydrogen-bond donors (Lipinski definition) is 1. The van der Waals surface area contributed by atoms with Gasteiger partial charge in [-0.3, -0.25) is 4.90 Å². The molecule has 82 valence electrons. The van der Waals surface area contributed by atoms with Crippen LogP contribution in [0.15, 0.2) is 12.7 Å². The molecule has 1 fully saturated rings. The van der Waals surface area contributed by atoms with Crippen molar-refractivity contribution in [3.05, 3.63) is 12.7 Å². The molecule has 3 heteroatoms. The van der Waals surface area contributed by atoms with Gasteiger partial charge in [0.15, 0.2) is 0 Å². The summed E-state index contributed by atoms with van der Waals surface area (Å²) < 4.78 is 5.72. The van der Waals surface area contributed by atoms with Gasteiger partial charge >= 0.3 is 0 Å². The maximum absolute atomic E-state index is 9.12. The van der Waals surface area contributed by atoms with E-state index in [-0.39, 0.29) is 18.3 Å². The minimum absolute atomic E-state index is 0.0684. The summed E-state index contributed by atoms with van der Waals surface area (Å²) >= 11 is 0. The van der Waals surface area contributed by atoms with E-state index in [1.165, 1.54) is 0 Å². The first kappa shape index (κ1) is 11.7. The lowest BCUT2D eigenvalue weighted by atomic mass is 10.0. The largest absolute Gasteiger partial charge is 0.394 e. The van der Waals surface area contributed by atoms with Crippen molar-refractivity contribution in [1.82, 2.24) is 4.90 Å². The molecule has 0 bridgehead atoms. The Hall–Kier alpha value is -0.380. The Labute approximate surface area is 86.4 Å². The van der Waals surface area contributed by atoms with Crippen LogP contribution in [0, 0.1) is 0 Å². The fourth-order valence-electron chi connectivity index (χ4n) is 1.90. The van der Waals surface area contributed by atoms with Crippen molar-refractivity contribution in [1.29, 1.82) is 0 Å². The number of aliphatic hydroxyl groups is 1. The van der Waals surface area contributed by atoms with Crippen LogP contribution in [0.2, 0.25) is 0 Å². The Morgan fingerprint density at radius 1 is 1.71 bits per heavy atom. The van der Waals surface area contributed by atoms with E-state index in [4.69, 9.17) is 9.84 Å². The second kappa shape index (κ2) is 4.43. The third-order valence-corrected chi connectivity index (χ3v) is 2.63. The lowest BCUT2D eigenvalue weighted by molar-refractivity contribution is -0.152. The van der Waals surface area contributed by atoms with Crippen molar-refractivity contribution >= 4 is 0 Å². The van der Waals surface area contributed by atoms with Crippen LogP contribution < -0.4 is 0 Å². The highest BCUT2D eigenvalue weighted by molar-refractivity contribution is 4.92. The van der Waals surface area contributed by atoms with E-state index >= 15 is 0 Å². The molecule has 0 aliphatic carbocycles. The molecule has 1 aliphatic heterocycles. The average molecular weight is 199 g/mol. The number of aliphatic hydroxyl groups excluding tert-OH is 1. The lowest BCUT2D eigenvalue weighted by Gasteiger charge is -2.44. The molecule has 2 atom stereocenters. The Morgan fingerprint density at radius 2 is 2.36 bits per heavy atom. The molecule has 3 nitrogen and oxygen atoms in total. The van der Waals surface area contributed by atoms with Crippen molar-refractivity contribution in [2.45, 2.75) is 38.5 Å². The third-order valence-electron chi connectivity index (χ3n) is 2.63. The van der Waals surface area contributed by atoms with Crippen LogP contribution in [-0.4, -0.2) is 47.4 Å². The molecule has 0 amide bonds. The standard InChI is InChI=1S/C11H21NO2/c1-5-9(2)12-6-10(7-13)14-11(3,4)8-12/h5,9-10,13H,1,6-8H2,2-4H3. The molecule has 0 saturated carbocycles. The summed E-state index contributed by atoms with van der Waals surface area (Å²) in [5.41, 5.74) is -0.178. The highest BCUT2D eigenvalue weighted by Gasteiger charge is 2.34. The van der Waals surface area contributed by atoms with Crippen LogP contribution in [0.25, 0.3) is 0 Å². The number of ether oxygens (including phenoxy) is 1. The molecular formula is C11H21NO2. The Balaban J connectivity index is 2.65. The van der Waals surface area contributed by atoms with Crippen molar-refractivity contribution in [2.24, 2.45) is 0 Å². The van der Waals surface area contributed by atoms with E-state index in [2.05, 4.69) is 32.3 Å². The van der Waals surface area contributed by atoms with Gasteiger partial charge in [0.25, 0.3) is 0 Å². The molecule has 0 aromatic carbocycles. The average Bonchev–Trinajstić information content (AvgIpc) is 2.14. The summed E-state index contributed by atoms with van der Waals surface area (Å²) in [4.78, 5) is 2.29. The van der Waals surface area contributed by atoms with Crippen molar-refractivity contribution in [2.75, 3.05) is 19.7 Å². The van der Waals surface area contributed by atoms with Gasteiger partial charge in [-0.2, -0.15) is 0 Å². The van der Waals surface area contributed by atoms with E-state index < -0.39 is 0 Å². The van der Waals surface area contributed by atoms with E-state index in [0.717, 1.165) is 13.1 Å². The number of rotatable bonds is 3. The molecule has 1 rings (SSSR count). The van der Waals surface area contributed by atoms with Crippen LogP contribution >= 0.6 is 0 Å². The molecule has 0 aromatic heterocycles. The van der Waals surface area contributed by atoms with Gasteiger partial charge in [-0.1, -0.05) is 6.08 Å². The molecule has 2 unspecified atom stereocenters. The lowest BCUT2D eigenvalue weighted by Crippen LogP contribution is -2.55. The van der Waals surface area contributed by atoms with Gasteiger partial charge in [0, 0.05) is 19.1 Å². The molecule has 1 N–H and O–H groups in total. The monoisotopic (exact) mass is 199 g/mol. The number of hydrogen-bond acceptors (Lipinski definition) is 3. The maximum Gasteiger partial charge on any atom is 0.0940 e. The second-order valence-electron chi connectivity index (χ2n) is 4.59. The highest BCUT2D eigenvalue weighted by Crippen LogP contribution is 2.22. The van der Waals surface area contributed by atoms with Gasteiger partial charge in [-0.25, -0.2) is 0 Å². The first-order valence-electron chi connectivity index (χ1n) is 5.14. The Kier molecular flexibility index (Phi) is 3.70. The van der Waals surface area contributed by atoms with Crippen LogP contribution in [0.1, 0.15) is 20.8 Å². The highest BCUT2D eigenvalue weighted by atomic mass is 16.5. The summed E-state index contributed by atoms with van der Waals surface area (Å²) in [6, 6.07) is 0.340. The maximum atomic E-state index is 9.12. The minimum atomic E-state index is -0.178. The first-order valence-corrected chi connectivity index (χ1v) is 5.14. The van der Waals surface area contributed by atoms with E-state index in [1.807, 2.05) is 6.08 Å². The number of morpholine rings is 1. The summed E-state index contributed by atoms with van der Waals surface area (Å²) in [7, 11) is 0. The quantitative estimate of drug-likeness (QED) is 0.689. The predicted octanol–water partition coefficient (Wildman–Crippen LogP) is 1.03. The summed E-state index contributed by atoms with van der Waals surface area (Å²) in [6.45, 7) is 11.8. The zero-order chi connectivity index (χ0) is 10.8. The van der Waals surface area contributed by atoms with Crippen LogP contribution in [0.5, 0.6) is 0 Å². The molecular weight excluding hydrogens is 178 g/mol. The topological polar surface area (TPSA) is 32.7 Å². The molecule has 0 aromatic rings. The van der Waals surface area contributed by atoms with Gasteiger partial charge in [0.1, 0.15) is 0 Å². The van der Waals surface area contributed by atoms with Gasteiger partial charge in [0.2, 0.25) is 0 Å². The smallest absolute Gasteiger partial charge is 0.0940 e. The van der Waals surface area contributed by atoms with Crippen LogP contribution in [0.3, 0.4) is 0 Å². The third kappa shape index (κ3) is 2.80. The zero-order valence-corrected chi connectivity index (χ0v) is 9.36. The summed E-state index contributed by atoms with van der Waals surface area (Å²) in [5, 5.41) is 9.12.